The lowest BCUT2D eigenvalue weighted by Crippen LogP contribution is -2.39. The van der Waals surface area contributed by atoms with E-state index in [1.807, 2.05) is 31.2 Å². The Morgan fingerprint density at radius 3 is 2.21 bits per heavy atom. The lowest BCUT2D eigenvalue weighted by molar-refractivity contribution is -0.146. The van der Waals surface area contributed by atoms with Crippen LogP contribution in [0, 0.1) is 18.2 Å². The molecule has 0 aliphatic heterocycles. The van der Waals surface area contributed by atoms with E-state index in [4.69, 9.17) is 5.11 Å². The van der Waals surface area contributed by atoms with Crippen molar-refractivity contribution < 1.29 is 19.1 Å². The van der Waals surface area contributed by atoms with E-state index in [-0.39, 0.29) is 12.1 Å². The number of hydrogen-bond donors (Lipinski definition) is 2. The van der Waals surface area contributed by atoms with Crippen LogP contribution in [0.5, 0.6) is 0 Å². The SMILES string of the molecule is Cc1ccc(-c2ccc(C(=O)NCC(C)(C)C(=O)O)c(F)c2)cc1. The van der Waals surface area contributed by atoms with Crippen LogP contribution in [0.3, 0.4) is 0 Å². The Kier molecular flexibility index (Phi) is 5.02. The quantitative estimate of drug-likeness (QED) is 0.880. The predicted octanol–water partition coefficient (Wildman–Crippen LogP) is 3.64. The molecule has 0 atom stereocenters. The number of nitrogens with one attached hydrogen (secondary N) is 1. The zero-order valence-corrected chi connectivity index (χ0v) is 13.9. The Morgan fingerprint density at radius 2 is 1.67 bits per heavy atom. The first-order valence-electron chi connectivity index (χ1n) is 7.59. The summed E-state index contributed by atoms with van der Waals surface area (Å²) in [5, 5.41) is 11.5. The molecule has 0 radical (unpaired) electrons. The zero-order chi connectivity index (χ0) is 17.9. The number of carbonyl (C=O) groups is 2. The Bertz CT molecular complexity index is 767. The minimum atomic E-state index is -1.12. The van der Waals surface area contributed by atoms with Gasteiger partial charge in [0.2, 0.25) is 0 Å². The van der Waals surface area contributed by atoms with E-state index < -0.39 is 23.1 Å². The summed E-state index contributed by atoms with van der Waals surface area (Å²) in [6, 6.07) is 12.0. The molecule has 0 saturated heterocycles. The van der Waals surface area contributed by atoms with Gasteiger partial charge in [-0.15, -0.1) is 0 Å². The van der Waals surface area contributed by atoms with E-state index in [9.17, 15) is 14.0 Å². The van der Waals surface area contributed by atoms with Crippen molar-refractivity contribution in [2.75, 3.05) is 6.54 Å². The maximum absolute atomic E-state index is 14.3. The summed E-state index contributed by atoms with van der Waals surface area (Å²) in [5.74, 6) is -2.30. The molecular weight excluding hydrogens is 309 g/mol. The second kappa shape index (κ2) is 6.83. The molecule has 0 bridgehead atoms. The third-order valence-electron chi connectivity index (χ3n) is 3.87. The highest BCUT2D eigenvalue weighted by Crippen LogP contribution is 2.22. The fourth-order valence-electron chi connectivity index (χ4n) is 2.10. The van der Waals surface area contributed by atoms with Crippen LogP contribution in [-0.4, -0.2) is 23.5 Å². The van der Waals surface area contributed by atoms with Crippen molar-refractivity contribution in [3.8, 4) is 11.1 Å². The van der Waals surface area contributed by atoms with Gasteiger partial charge in [-0.05, 0) is 44.0 Å². The molecule has 1 amide bonds. The maximum Gasteiger partial charge on any atom is 0.310 e. The molecule has 2 N–H and O–H groups in total. The van der Waals surface area contributed by atoms with Crippen LogP contribution in [0.4, 0.5) is 4.39 Å². The highest BCUT2D eigenvalue weighted by atomic mass is 19.1. The first kappa shape index (κ1) is 17.7. The number of carbonyl (C=O) groups excluding carboxylic acids is 1. The number of halogens is 1. The molecule has 2 aromatic carbocycles. The number of aliphatic carboxylic acids is 1. The van der Waals surface area contributed by atoms with Crippen molar-refractivity contribution in [2.45, 2.75) is 20.8 Å². The Labute approximate surface area is 140 Å². The van der Waals surface area contributed by atoms with Gasteiger partial charge in [0.05, 0.1) is 11.0 Å². The molecule has 0 saturated carbocycles. The first-order valence-corrected chi connectivity index (χ1v) is 7.59. The number of rotatable bonds is 5. The van der Waals surface area contributed by atoms with E-state index in [0.717, 1.165) is 11.1 Å². The topological polar surface area (TPSA) is 66.4 Å². The summed E-state index contributed by atoms with van der Waals surface area (Å²) in [7, 11) is 0. The standard InChI is InChI=1S/C19H20FNO3/c1-12-4-6-13(7-5-12)14-8-9-15(16(20)10-14)17(22)21-11-19(2,3)18(23)24/h4-10H,11H2,1-3H3,(H,21,22)(H,23,24). The number of benzene rings is 2. The summed E-state index contributed by atoms with van der Waals surface area (Å²) in [6.07, 6.45) is 0. The highest BCUT2D eigenvalue weighted by molar-refractivity contribution is 5.95. The highest BCUT2D eigenvalue weighted by Gasteiger charge is 2.28. The Morgan fingerprint density at radius 1 is 1.08 bits per heavy atom. The molecular formula is C19H20FNO3. The predicted molar refractivity (Wildman–Crippen MR) is 90.3 cm³/mol. The monoisotopic (exact) mass is 329 g/mol. The average molecular weight is 329 g/mol. The molecule has 0 fully saturated rings. The van der Waals surface area contributed by atoms with Gasteiger partial charge in [-0.3, -0.25) is 9.59 Å². The molecule has 126 valence electrons. The van der Waals surface area contributed by atoms with Gasteiger partial charge < -0.3 is 10.4 Å². The summed E-state index contributed by atoms with van der Waals surface area (Å²) < 4.78 is 14.3. The van der Waals surface area contributed by atoms with Crippen LogP contribution in [0.15, 0.2) is 42.5 Å². The minimum absolute atomic E-state index is 0.0830. The fourth-order valence-corrected chi connectivity index (χ4v) is 2.10. The zero-order valence-electron chi connectivity index (χ0n) is 13.9. The normalized spacial score (nSPS) is 11.2. The van der Waals surface area contributed by atoms with E-state index >= 15 is 0 Å². The van der Waals surface area contributed by atoms with Gasteiger partial charge >= 0.3 is 5.97 Å². The largest absolute Gasteiger partial charge is 0.481 e. The third-order valence-corrected chi connectivity index (χ3v) is 3.87. The number of amides is 1. The lowest BCUT2D eigenvalue weighted by atomic mass is 9.94. The van der Waals surface area contributed by atoms with Gasteiger partial charge in [0.15, 0.2) is 0 Å². The number of carboxylic acid groups (broad SMARTS) is 1. The average Bonchev–Trinajstić information content (AvgIpc) is 2.53. The Hall–Kier alpha value is -2.69. The van der Waals surface area contributed by atoms with Crippen molar-refractivity contribution in [2.24, 2.45) is 5.41 Å². The molecule has 0 spiro atoms. The van der Waals surface area contributed by atoms with Gasteiger partial charge in [-0.2, -0.15) is 0 Å². The third kappa shape index (κ3) is 3.98. The maximum atomic E-state index is 14.3. The molecule has 0 aliphatic carbocycles. The van der Waals surface area contributed by atoms with Crippen molar-refractivity contribution in [3.05, 3.63) is 59.4 Å². The van der Waals surface area contributed by atoms with E-state index in [1.165, 1.54) is 26.0 Å². The molecule has 0 heterocycles. The van der Waals surface area contributed by atoms with Gasteiger partial charge in [-0.25, -0.2) is 4.39 Å². The molecule has 5 heteroatoms. The van der Waals surface area contributed by atoms with Crippen LogP contribution in [0.2, 0.25) is 0 Å². The van der Waals surface area contributed by atoms with Gasteiger partial charge in [-0.1, -0.05) is 35.9 Å². The van der Waals surface area contributed by atoms with Crippen LogP contribution < -0.4 is 5.32 Å². The molecule has 0 aliphatic rings. The fraction of sp³-hybridized carbons (Fsp3) is 0.263. The second-order valence-corrected chi connectivity index (χ2v) is 6.43. The van der Waals surface area contributed by atoms with Crippen LogP contribution in [-0.2, 0) is 4.79 Å². The van der Waals surface area contributed by atoms with Crippen LogP contribution in [0.25, 0.3) is 11.1 Å². The molecule has 2 aromatic rings. The summed E-state index contributed by atoms with van der Waals surface area (Å²) in [5.41, 5.74) is 1.42. The van der Waals surface area contributed by atoms with E-state index in [2.05, 4.69) is 5.32 Å². The lowest BCUT2D eigenvalue weighted by Gasteiger charge is -2.19. The van der Waals surface area contributed by atoms with E-state index in [1.54, 1.807) is 6.07 Å². The van der Waals surface area contributed by atoms with Crippen LogP contribution >= 0.6 is 0 Å². The van der Waals surface area contributed by atoms with Gasteiger partial charge in [0.25, 0.3) is 5.91 Å². The van der Waals surface area contributed by atoms with Crippen molar-refractivity contribution in [1.29, 1.82) is 0 Å². The van der Waals surface area contributed by atoms with Gasteiger partial charge in [0.1, 0.15) is 5.82 Å². The van der Waals surface area contributed by atoms with Crippen molar-refractivity contribution in [1.82, 2.24) is 5.32 Å². The molecule has 4 nitrogen and oxygen atoms in total. The van der Waals surface area contributed by atoms with Crippen LogP contribution in [0.1, 0.15) is 29.8 Å². The summed E-state index contributed by atoms with van der Waals surface area (Å²) in [4.78, 5) is 23.1. The molecule has 2 rings (SSSR count). The van der Waals surface area contributed by atoms with Gasteiger partial charge in [0, 0.05) is 6.54 Å². The summed E-state index contributed by atoms with van der Waals surface area (Å²) >= 11 is 0. The van der Waals surface area contributed by atoms with Crippen molar-refractivity contribution in [3.63, 3.8) is 0 Å². The smallest absolute Gasteiger partial charge is 0.310 e. The Balaban J connectivity index is 2.16. The number of aryl methyl sites for hydroxylation is 1. The number of carboxylic acids is 1. The molecule has 0 unspecified atom stereocenters. The van der Waals surface area contributed by atoms with Crippen molar-refractivity contribution >= 4 is 11.9 Å². The van der Waals surface area contributed by atoms with E-state index in [0.29, 0.717) is 5.56 Å². The molecule has 0 aromatic heterocycles. The molecule has 24 heavy (non-hydrogen) atoms. The second-order valence-electron chi connectivity index (χ2n) is 6.43. The summed E-state index contributed by atoms with van der Waals surface area (Å²) in [6.45, 7) is 4.87. The first-order chi connectivity index (χ1) is 11.2. The minimum Gasteiger partial charge on any atom is -0.481 e. The number of hydrogen-bond acceptors (Lipinski definition) is 2.